The molecule has 0 aliphatic rings. The number of ketones is 1. The first-order valence-electron chi connectivity index (χ1n) is 9.58. The Morgan fingerprint density at radius 1 is 0.800 bits per heavy atom. The lowest BCUT2D eigenvalue weighted by Crippen LogP contribution is -2.03. The number of nitrogens with one attached hydrogen (secondary N) is 1. The second kappa shape index (κ2) is 7.95. The van der Waals surface area contributed by atoms with Crippen LogP contribution in [0, 0.1) is 6.92 Å². The number of fused-ring (bicyclic) bond motifs is 1. The number of aromatic amines is 1. The summed E-state index contributed by atoms with van der Waals surface area (Å²) < 4.78 is 16.1. The molecule has 152 valence electrons. The van der Waals surface area contributed by atoms with Crippen LogP contribution in [0.25, 0.3) is 22.0 Å². The van der Waals surface area contributed by atoms with Crippen LogP contribution in [0.5, 0.6) is 17.2 Å². The summed E-state index contributed by atoms with van der Waals surface area (Å²) in [5.74, 6) is 1.23. The standard InChI is InChI=1S/C25H23NO4/c1-15-5-7-16(8-6-15)17-9-10-19-20(14-26-21(19)11-17)24(27)18-12-22(28-2)25(30-4)23(13-18)29-3/h5-14,26H,1-4H3. The van der Waals surface area contributed by atoms with Crippen molar-refractivity contribution in [2.24, 2.45) is 0 Å². The molecule has 1 aromatic heterocycles. The van der Waals surface area contributed by atoms with Crippen LogP contribution < -0.4 is 14.2 Å². The van der Waals surface area contributed by atoms with Crippen molar-refractivity contribution in [1.29, 1.82) is 0 Å². The summed E-state index contributed by atoms with van der Waals surface area (Å²) in [5, 5.41) is 0.865. The molecule has 0 saturated heterocycles. The molecular weight excluding hydrogens is 378 g/mol. The topological polar surface area (TPSA) is 60.6 Å². The first-order valence-corrected chi connectivity index (χ1v) is 9.58. The summed E-state index contributed by atoms with van der Waals surface area (Å²) in [4.78, 5) is 16.5. The summed E-state index contributed by atoms with van der Waals surface area (Å²) in [6.45, 7) is 2.07. The molecule has 0 aliphatic carbocycles. The average Bonchev–Trinajstić information content (AvgIpc) is 3.21. The van der Waals surface area contributed by atoms with Gasteiger partial charge in [-0.2, -0.15) is 0 Å². The van der Waals surface area contributed by atoms with Gasteiger partial charge < -0.3 is 19.2 Å². The lowest BCUT2D eigenvalue weighted by atomic mass is 9.99. The highest BCUT2D eigenvalue weighted by atomic mass is 16.5. The van der Waals surface area contributed by atoms with Crippen molar-refractivity contribution >= 4 is 16.7 Å². The van der Waals surface area contributed by atoms with Crippen LogP contribution in [-0.4, -0.2) is 32.1 Å². The monoisotopic (exact) mass is 401 g/mol. The summed E-state index contributed by atoms with van der Waals surface area (Å²) in [6, 6.07) is 17.8. The molecule has 0 radical (unpaired) electrons. The summed E-state index contributed by atoms with van der Waals surface area (Å²) in [6.07, 6.45) is 1.75. The van der Waals surface area contributed by atoms with E-state index in [4.69, 9.17) is 14.2 Å². The number of carbonyl (C=O) groups excluding carboxylic acids is 1. The van der Waals surface area contributed by atoms with Crippen LogP contribution in [-0.2, 0) is 0 Å². The van der Waals surface area contributed by atoms with Crippen molar-refractivity contribution in [3.05, 3.63) is 77.5 Å². The molecule has 5 nitrogen and oxygen atoms in total. The van der Waals surface area contributed by atoms with Gasteiger partial charge in [-0.3, -0.25) is 4.79 Å². The molecule has 3 aromatic carbocycles. The molecule has 0 unspecified atom stereocenters. The average molecular weight is 401 g/mol. The maximum Gasteiger partial charge on any atom is 0.203 e. The fraction of sp³-hybridized carbons (Fsp3) is 0.160. The van der Waals surface area contributed by atoms with E-state index < -0.39 is 0 Å². The van der Waals surface area contributed by atoms with Crippen molar-refractivity contribution in [3.8, 4) is 28.4 Å². The van der Waals surface area contributed by atoms with Crippen molar-refractivity contribution in [1.82, 2.24) is 4.98 Å². The number of hydrogen-bond acceptors (Lipinski definition) is 4. The van der Waals surface area contributed by atoms with Crippen LogP contribution in [0.15, 0.2) is 60.8 Å². The first-order chi connectivity index (χ1) is 14.5. The molecule has 0 saturated carbocycles. The SMILES string of the molecule is COc1cc(C(=O)c2c[nH]c3cc(-c4ccc(C)cc4)ccc23)cc(OC)c1OC. The van der Waals surface area contributed by atoms with Gasteiger partial charge in [0.05, 0.1) is 21.3 Å². The Morgan fingerprint density at radius 2 is 1.43 bits per heavy atom. The Balaban J connectivity index is 1.75. The number of H-pyrrole nitrogens is 1. The Kier molecular flexibility index (Phi) is 5.19. The Labute approximate surface area is 175 Å². The molecule has 5 heteroatoms. The Morgan fingerprint density at radius 3 is 2.03 bits per heavy atom. The smallest absolute Gasteiger partial charge is 0.203 e. The third-order valence-electron chi connectivity index (χ3n) is 5.24. The number of benzene rings is 3. The first kappa shape index (κ1) is 19.6. The van der Waals surface area contributed by atoms with Gasteiger partial charge in [0.25, 0.3) is 0 Å². The van der Waals surface area contributed by atoms with E-state index in [9.17, 15) is 4.79 Å². The zero-order chi connectivity index (χ0) is 21.3. The number of carbonyl (C=O) groups is 1. The molecule has 0 amide bonds. The highest BCUT2D eigenvalue weighted by Crippen LogP contribution is 2.39. The molecule has 4 aromatic rings. The molecule has 1 N–H and O–H groups in total. The zero-order valence-corrected chi connectivity index (χ0v) is 17.4. The predicted molar refractivity (Wildman–Crippen MR) is 118 cm³/mol. The Bertz CT molecular complexity index is 1200. The van der Waals surface area contributed by atoms with Crippen LogP contribution in [0.1, 0.15) is 21.5 Å². The van der Waals surface area contributed by atoms with Gasteiger partial charge in [-0.05, 0) is 36.2 Å². The second-order valence-electron chi connectivity index (χ2n) is 7.07. The molecule has 0 aliphatic heterocycles. The molecule has 0 spiro atoms. The third kappa shape index (κ3) is 3.39. The van der Waals surface area contributed by atoms with Gasteiger partial charge in [0.2, 0.25) is 5.75 Å². The molecule has 0 bridgehead atoms. The van der Waals surface area contributed by atoms with Crippen molar-refractivity contribution < 1.29 is 19.0 Å². The Hall–Kier alpha value is -3.73. The molecule has 1 heterocycles. The fourth-order valence-electron chi connectivity index (χ4n) is 3.61. The number of aryl methyl sites for hydroxylation is 1. The summed E-state index contributed by atoms with van der Waals surface area (Å²) in [7, 11) is 4.60. The van der Waals surface area contributed by atoms with Crippen LogP contribution >= 0.6 is 0 Å². The molecule has 0 fully saturated rings. The number of ether oxygens (including phenoxy) is 3. The van der Waals surface area contributed by atoms with Crippen molar-refractivity contribution in [2.45, 2.75) is 6.92 Å². The highest BCUT2D eigenvalue weighted by Gasteiger charge is 2.20. The van der Waals surface area contributed by atoms with Crippen molar-refractivity contribution in [3.63, 3.8) is 0 Å². The summed E-state index contributed by atoms with van der Waals surface area (Å²) in [5.41, 5.74) is 5.41. The van der Waals surface area contributed by atoms with Crippen LogP contribution in [0.4, 0.5) is 0 Å². The van der Waals surface area contributed by atoms with Gasteiger partial charge in [0.1, 0.15) is 0 Å². The normalized spacial score (nSPS) is 10.8. The third-order valence-corrected chi connectivity index (χ3v) is 5.24. The minimum absolute atomic E-state index is 0.122. The molecular formula is C25H23NO4. The quantitative estimate of drug-likeness (QED) is 0.440. The van der Waals surface area contributed by atoms with Gasteiger partial charge in [0.15, 0.2) is 17.3 Å². The number of hydrogen-bond donors (Lipinski definition) is 1. The molecule has 4 rings (SSSR count). The minimum atomic E-state index is -0.122. The predicted octanol–water partition coefficient (Wildman–Crippen LogP) is 5.40. The van der Waals surface area contributed by atoms with E-state index >= 15 is 0 Å². The molecule has 0 atom stereocenters. The van der Waals surface area contributed by atoms with Crippen LogP contribution in [0.2, 0.25) is 0 Å². The van der Waals surface area contributed by atoms with E-state index in [1.54, 1.807) is 18.3 Å². The van der Waals surface area contributed by atoms with Gasteiger partial charge in [-0.1, -0.05) is 42.0 Å². The number of aromatic nitrogens is 1. The second-order valence-corrected chi connectivity index (χ2v) is 7.07. The fourth-order valence-corrected chi connectivity index (χ4v) is 3.61. The van der Waals surface area contributed by atoms with Gasteiger partial charge >= 0.3 is 0 Å². The van der Waals surface area contributed by atoms with E-state index in [2.05, 4.69) is 42.2 Å². The summed E-state index contributed by atoms with van der Waals surface area (Å²) >= 11 is 0. The number of rotatable bonds is 6. The number of methoxy groups -OCH3 is 3. The minimum Gasteiger partial charge on any atom is -0.493 e. The van der Waals surface area contributed by atoms with Gasteiger partial charge in [0, 0.05) is 28.2 Å². The van der Waals surface area contributed by atoms with Gasteiger partial charge in [-0.15, -0.1) is 0 Å². The van der Waals surface area contributed by atoms with E-state index in [0.29, 0.717) is 28.4 Å². The van der Waals surface area contributed by atoms with E-state index in [1.165, 1.54) is 26.9 Å². The van der Waals surface area contributed by atoms with E-state index in [1.807, 2.05) is 12.1 Å². The van der Waals surface area contributed by atoms with E-state index in [-0.39, 0.29) is 5.78 Å². The highest BCUT2D eigenvalue weighted by molar-refractivity contribution is 6.17. The largest absolute Gasteiger partial charge is 0.493 e. The maximum atomic E-state index is 13.3. The lowest BCUT2D eigenvalue weighted by Gasteiger charge is -2.13. The maximum absolute atomic E-state index is 13.3. The van der Waals surface area contributed by atoms with Crippen LogP contribution in [0.3, 0.4) is 0 Å². The van der Waals surface area contributed by atoms with Gasteiger partial charge in [-0.25, -0.2) is 0 Å². The van der Waals surface area contributed by atoms with E-state index in [0.717, 1.165) is 22.0 Å². The van der Waals surface area contributed by atoms with Crippen molar-refractivity contribution in [2.75, 3.05) is 21.3 Å². The lowest BCUT2D eigenvalue weighted by molar-refractivity contribution is 0.103. The zero-order valence-electron chi connectivity index (χ0n) is 17.4. The molecule has 30 heavy (non-hydrogen) atoms.